The van der Waals surface area contributed by atoms with Crippen LogP contribution < -0.4 is 4.90 Å². The van der Waals surface area contributed by atoms with Crippen molar-refractivity contribution < 1.29 is 21.6 Å². The molecule has 1 fully saturated rings. The van der Waals surface area contributed by atoms with E-state index in [1.54, 1.807) is 17.0 Å². The fourth-order valence-electron chi connectivity index (χ4n) is 3.78. The molecule has 0 spiro atoms. The maximum absolute atomic E-state index is 13.2. The minimum absolute atomic E-state index is 0.106. The molecule has 9 nitrogen and oxygen atoms in total. The van der Waals surface area contributed by atoms with Crippen LogP contribution in [0, 0.1) is 5.92 Å². The first-order chi connectivity index (χ1) is 13.5. The van der Waals surface area contributed by atoms with Gasteiger partial charge in [-0.25, -0.2) is 12.7 Å². The van der Waals surface area contributed by atoms with Crippen LogP contribution in [0.2, 0.25) is 0 Å². The lowest BCUT2D eigenvalue weighted by atomic mass is 9.98. The number of sulfonamides is 1. The second-order valence-corrected chi connectivity index (χ2v) is 12.1. The second kappa shape index (κ2) is 7.95. The van der Waals surface area contributed by atoms with E-state index in [0.717, 1.165) is 14.2 Å². The lowest BCUT2D eigenvalue weighted by Gasteiger charge is -2.34. The Kier molecular flexibility index (Phi) is 6.08. The average Bonchev–Trinajstić information content (AvgIpc) is 3.10. The molecule has 2 aliphatic rings. The molecule has 1 aromatic rings. The van der Waals surface area contributed by atoms with Crippen molar-refractivity contribution in [3.05, 3.63) is 23.8 Å². The van der Waals surface area contributed by atoms with Crippen molar-refractivity contribution in [2.24, 2.45) is 5.92 Å². The summed E-state index contributed by atoms with van der Waals surface area (Å²) in [5, 5.41) is 0. The summed E-state index contributed by atoms with van der Waals surface area (Å²) < 4.78 is 53.3. The predicted molar refractivity (Wildman–Crippen MR) is 110 cm³/mol. The maximum Gasteiger partial charge on any atom is 0.281 e. The van der Waals surface area contributed by atoms with Gasteiger partial charge in [0, 0.05) is 53.5 Å². The molecule has 0 bridgehead atoms. The SMILES string of the molecule is CN(C)S(=O)(=O)c1ccc2c(c1)CCN2C(=O)[C@H]1CCCN(S(=O)(=O)N(C)C)C1. The van der Waals surface area contributed by atoms with Crippen LogP contribution in [0.25, 0.3) is 0 Å². The molecule has 162 valence electrons. The summed E-state index contributed by atoms with van der Waals surface area (Å²) in [6.45, 7) is 1.04. The third kappa shape index (κ3) is 4.06. The standard InChI is InChI=1S/C18H28N4O5S2/c1-19(2)28(24,25)16-7-8-17-14(12-16)9-11-22(17)18(23)15-6-5-10-21(13-15)29(26,27)20(3)4/h7-8,12,15H,5-6,9-11,13H2,1-4H3/t15-/m0/s1. The summed E-state index contributed by atoms with van der Waals surface area (Å²) in [5.74, 6) is -0.514. The van der Waals surface area contributed by atoms with Crippen LogP contribution in [-0.2, 0) is 31.4 Å². The molecule has 0 unspecified atom stereocenters. The summed E-state index contributed by atoms with van der Waals surface area (Å²) in [6.07, 6.45) is 1.84. The van der Waals surface area contributed by atoms with Gasteiger partial charge in [0.2, 0.25) is 15.9 Å². The number of anilines is 1. The molecule has 1 atom stereocenters. The first-order valence-electron chi connectivity index (χ1n) is 9.50. The van der Waals surface area contributed by atoms with Crippen molar-refractivity contribution in [1.29, 1.82) is 0 Å². The van der Waals surface area contributed by atoms with E-state index in [2.05, 4.69) is 0 Å². The first-order valence-corrected chi connectivity index (χ1v) is 12.3. The summed E-state index contributed by atoms with van der Waals surface area (Å²) >= 11 is 0. The van der Waals surface area contributed by atoms with Gasteiger partial charge in [-0.15, -0.1) is 0 Å². The molecule has 0 saturated carbocycles. The highest BCUT2D eigenvalue weighted by Crippen LogP contribution is 2.33. The van der Waals surface area contributed by atoms with Gasteiger partial charge in [0.1, 0.15) is 0 Å². The number of rotatable bonds is 5. The number of carbonyl (C=O) groups is 1. The van der Waals surface area contributed by atoms with E-state index >= 15 is 0 Å². The third-order valence-electron chi connectivity index (χ3n) is 5.51. The highest BCUT2D eigenvalue weighted by Gasteiger charge is 2.37. The van der Waals surface area contributed by atoms with Crippen molar-refractivity contribution in [3.63, 3.8) is 0 Å². The lowest BCUT2D eigenvalue weighted by molar-refractivity contribution is -0.123. The molecular weight excluding hydrogens is 416 g/mol. The molecule has 0 aliphatic carbocycles. The number of benzene rings is 1. The van der Waals surface area contributed by atoms with Gasteiger partial charge in [-0.2, -0.15) is 17.0 Å². The van der Waals surface area contributed by atoms with Gasteiger partial charge < -0.3 is 4.90 Å². The Balaban J connectivity index is 1.81. The minimum Gasteiger partial charge on any atom is -0.312 e. The fraction of sp³-hybridized carbons (Fsp3) is 0.611. The highest BCUT2D eigenvalue weighted by molar-refractivity contribution is 7.89. The van der Waals surface area contributed by atoms with Crippen LogP contribution in [0.1, 0.15) is 18.4 Å². The van der Waals surface area contributed by atoms with Crippen molar-refractivity contribution >= 4 is 31.8 Å². The molecule has 2 aliphatic heterocycles. The van der Waals surface area contributed by atoms with Crippen LogP contribution in [0.15, 0.2) is 23.1 Å². The molecule has 0 radical (unpaired) electrons. The Morgan fingerprint density at radius 3 is 2.34 bits per heavy atom. The van der Waals surface area contributed by atoms with Crippen molar-refractivity contribution in [2.45, 2.75) is 24.2 Å². The molecule has 0 aromatic heterocycles. The molecule has 1 aromatic carbocycles. The van der Waals surface area contributed by atoms with Crippen molar-refractivity contribution in [1.82, 2.24) is 12.9 Å². The van der Waals surface area contributed by atoms with Crippen molar-refractivity contribution in [2.75, 3.05) is 52.7 Å². The number of amides is 1. The Labute approximate surface area is 173 Å². The minimum atomic E-state index is -3.56. The third-order valence-corrected chi connectivity index (χ3v) is 9.23. The quantitative estimate of drug-likeness (QED) is 0.652. The number of carbonyl (C=O) groups excluding carboxylic acids is 1. The van der Waals surface area contributed by atoms with E-state index in [1.807, 2.05) is 0 Å². The molecule has 11 heteroatoms. The Morgan fingerprint density at radius 2 is 1.72 bits per heavy atom. The molecule has 3 rings (SSSR count). The highest BCUT2D eigenvalue weighted by atomic mass is 32.2. The van der Waals surface area contributed by atoms with Gasteiger partial charge in [0.15, 0.2) is 0 Å². The zero-order valence-corrected chi connectivity index (χ0v) is 18.8. The van der Waals surface area contributed by atoms with Crippen LogP contribution in [0.5, 0.6) is 0 Å². The summed E-state index contributed by atoms with van der Waals surface area (Å²) in [7, 11) is -1.16. The number of piperidine rings is 1. The van der Waals surface area contributed by atoms with Gasteiger partial charge in [-0.3, -0.25) is 4.79 Å². The predicted octanol–water partition coefficient (Wildman–Crippen LogP) is 0.344. The molecule has 0 N–H and O–H groups in total. The van der Waals surface area contributed by atoms with Gasteiger partial charge in [-0.05, 0) is 43.0 Å². The first kappa shape index (κ1) is 22.2. The molecule has 29 heavy (non-hydrogen) atoms. The topological polar surface area (TPSA) is 98.3 Å². The van der Waals surface area contributed by atoms with E-state index in [4.69, 9.17) is 0 Å². The largest absolute Gasteiger partial charge is 0.312 e. The maximum atomic E-state index is 13.2. The van der Waals surface area contributed by atoms with E-state index in [9.17, 15) is 21.6 Å². The van der Waals surface area contributed by atoms with Gasteiger partial charge in [-0.1, -0.05) is 0 Å². The van der Waals surface area contributed by atoms with E-state index < -0.39 is 26.2 Å². The normalized spacial score (nSPS) is 21.0. The number of hydrogen-bond donors (Lipinski definition) is 0. The van der Waals surface area contributed by atoms with E-state index in [0.29, 0.717) is 38.0 Å². The average molecular weight is 445 g/mol. The van der Waals surface area contributed by atoms with Crippen molar-refractivity contribution in [3.8, 4) is 0 Å². The van der Waals surface area contributed by atoms with Crippen LogP contribution in [-0.4, -0.2) is 83.5 Å². The van der Waals surface area contributed by atoms with Gasteiger partial charge >= 0.3 is 0 Å². The number of nitrogens with zero attached hydrogens (tertiary/aromatic N) is 4. The molecule has 1 saturated heterocycles. The second-order valence-electron chi connectivity index (χ2n) is 7.81. The fourth-order valence-corrected chi connectivity index (χ4v) is 5.93. The molecule has 1 amide bonds. The molecule has 2 heterocycles. The molecular formula is C18H28N4O5S2. The Morgan fingerprint density at radius 1 is 1.03 bits per heavy atom. The summed E-state index contributed by atoms with van der Waals surface area (Å²) in [4.78, 5) is 15.0. The van der Waals surface area contributed by atoms with Crippen LogP contribution in [0.3, 0.4) is 0 Å². The smallest absolute Gasteiger partial charge is 0.281 e. The lowest BCUT2D eigenvalue weighted by Crippen LogP contribution is -2.49. The zero-order chi connectivity index (χ0) is 21.6. The monoisotopic (exact) mass is 444 g/mol. The summed E-state index contributed by atoms with van der Waals surface area (Å²) in [5.41, 5.74) is 1.52. The number of hydrogen-bond acceptors (Lipinski definition) is 5. The Hall–Kier alpha value is -1.53. The zero-order valence-electron chi connectivity index (χ0n) is 17.2. The number of fused-ring (bicyclic) bond motifs is 1. The van der Waals surface area contributed by atoms with Gasteiger partial charge in [0.25, 0.3) is 10.2 Å². The summed E-state index contributed by atoms with van der Waals surface area (Å²) in [6, 6.07) is 4.82. The van der Waals surface area contributed by atoms with Crippen LogP contribution >= 0.6 is 0 Å². The van der Waals surface area contributed by atoms with E-state index in [1.165, 1.54) is 38.6 Å². The van der Waals surface area contributed by atoms with Crippen LogP contribution in [0.4, 0.5) is 5.69 Å². The Bertz CT molecular complexity index is 1010. The van der Waals surface area contributed by atoms with E-state index in [-0.39, 0.29) is 17.3 Å². The van der Waals surface area contributed by atoms with Gasteiger partial charge in [0.05, 0.1) is 10.8 Å².